The summed E-state index contributed by atoms with van der Waals surface area (Å²) < 4.78 is 1.49. The van der Waals surface area contributed by atoms with Gasteiger partial charge in [0.25, 0.3) is 5.56 Å². The summed E-state index contributed by atoms with van der Waals surface area (Å²) in [6, 6.07) is 19.0. The Morgan fingerprint density at radius 1 is 1.00 bits per heavy atom. The molecule has 4 aromatic rings. The van der Waals surface area contributed by atoms with Crippen LogP contribution in [0.5, 0.6) is 0 Å². The fourth-order valence-corrected chi connectivity index (χ4v) is 4.44. The van der Waals surface area contributed by atoms with E-state index in [1.54, 1.807) is 36.3 Å². The Kier molecular flexibility index (Phi) is 6.98. The van der Waals surface area contributed by atoms with Crippen LogP contribution in [0.2, 0.25) is 0 Å². The van der Waals surface area contributed by atoms with Crippen molar-refractivity contribution in [3.05, 3.63) is 88.3 Å². The molecule has 0 saturated heterocycles. The molecule has 2 heterocycles. The summed E-state index contributed by atoms with van der Waals surface area (Å²) in [6.45, 7) is 2.45. The molecule has 0 aliphatic rings. The number of fused-ring (bicyclic) bond motifs is 1. The van der Waals surface area contributed by atoms with E-state index in [-0.39, 0.29) is 17.2 Å². The van der Waals surface area contributed by atoms with E-state index in [9.17, 15) is 9.59 Å². The standard InChI is InChI=1S/C26H27N5O2S/c1-18-9-14-23(27-15-18)31-25(33)21-7-5-6-8-22(21)28-26(31)34-17-24(32)30(4)16-19-10-12-20(13-11-19)29(2)3/h5-15H,16-17H2,1-4H3. The van der Waals surface area contributed by atoms with Gasteiger partial charge in [-0.15, -0.1) is 0 Å². The summed E-state index contributed by atoms with van der Waals surface area (Å²) in [7, 11) is 5.77. The van der Waals surface area contributed by atoms with Gasteiger partial charge < -0.3 is 9.80 Å². The van der Waals surface area contributed by atoms with Gasteiger partial charge in [-0.25, -0.2) is 14.5 Å². The maximum Gasteiger partial charge on any atom is 0.267 e. The van der Waals surface area contributed by atoms with Gasteiger partial charge in [0.05, 0.1) is 16.7 Å². The van der Waals surface area contributed by atoms with Crippen molar-refractivity contribution in [1.82, 2.24) is 19.4 Å². The average Bonchev–Trinajstić information content (AvgIpc) is 2.83. The van der Waals surface area contributed by atoms with Crippen LogP contribution in [0.4, 0.5) is 5.69 Å². The van der Waals surface area contributed by atoms with Crippen LogP contribution >= 0.6 is 11.8 Å². The summed E-state index contributed by atoms with van der Waals surface area (Å²) in [4.78, 5) is 39.0. The number of carbonyl (C=O) groups excluding carboxylic acids is 1. The molecule has 0 spiro atoms. The molecular weight excluding hydrogens is 446 g/mol. The maximum absolute atomic E-state index is 13.3. The topological polar surface area (TPSA) is 71.3 Å². The van der Waals surface area contributed by atoms with Gasteiger partial charge in [-0.05, 0) is 48.4 Å². The van der Waals surface area contributed by atoms with Crippen LogP contribution in [0.25, 0.3) is 16.7 Å². The molecule has 0 atom stereocenters. The normalized spacial score (nSPS) is 10.9. The van der Waals surface area contributed by atoms with E-state index in [4.69, 9.17) is 0 Å². The Bertz CT molecular complexity index is 1370. The molecule has 0 aliphatic carbocycles. The van der Waals surface area contributed by atoms with Gasteiger partial charge in [-0.2, -0.15) is 0 Å². The van der Waals surface area contributed by atoms with Crippen molar-refractivity contribution in [3.8, 4) is 5.82 Å². The number of nitrogens with zero attached hydrogens (tertiary/aromatic N) is 5. The molecule has 0 bridgehead atoms. The molecule has 4 rings (SSSR count). The number of pyridine rings is 1. The molecule has 34 heavy (non-hydrogen) atoms. The summed E-state index contributed by atoms with van der Waals surface area (Å²) in [5, 5.41) is 0.955. The Hall–Kier alpha value is -3.65. The number of hydrogen-bond donors (Lipinski definition) is 0. The third-order valence-electron chi connectivity index (χ3n) is 5.49. The number of hydrogen-bond acceptors (Lipinski definition) is 6. The van der Waals surface area contributed by atoms with E-state index in [1.807, 2.05) is 68.4 Å². The second-order valence-electron chi connectivity index (χ2n) is 8.35. The van der Waals surface area contributed by atoms with Crippen molar-refractivity contribution in [2.75, 3.05) is 31.8 Å². The third-order valence-corrected chi connectivity index (χ3v) is 6.42. The van der Waals surface area contributed by atoms with E-state index in [0.717, 1.165) is 16.8 Å². The molecule has 2 aromatic carbocycles. The van der Waals surface area contributed by atoms with E-state index in [0.29, 0.717) is 28.4 Å². The SMILES string of the molecule is Cc1ccc(-n2c(SCC(=O)N(C)Cc3ccc(N(C)C)cc3)nc3ccccc3c2=O)nc1. The number of amides is 1. The number of para-hydroxylation sites is 1. The van der Waals surface area contributed by atoms with Gasteiger partial charge in [0.1, 0.15) is 5.82 Å². The molecule has 8 heteroatoms. The Balaban J connectivity index is 1.56. The van der Waals surface area contributed by atoms with Crippen LogP contribution < -0.4 is 10.5 Å². The Morgan fingerprint density at radius 2 is 1.74 bits per heavy atom. The zero-order chi connectivity index (χ0) is 24.2. The van der Waals surface area contributed by atoms with Crippen LogP contribution in [0.15, 0.2) is 76.8 Å². The summed E-state index contributed by atoms with van der Waals surface area (Å²) in [6.07, 6.45) is 1.71. The molecule has 2 aromatic heterocycles. The molecule has 1 amide bonds. The maximum atomic E-state index is 13.3. The zero-order valence-electron chi connectivity index (χ0n) is 19.7. The minimum Gasteiger partial charge on any atom is -0.378 e. The Labute approximate surface area is 203 Å². The summed E-state index contributed by atoms with van der Waals surface area (Å²) >= 11 is 1.24. The van der Waals surface area contributed by atoms with Crippen LogP contribution in [0, 0.1) is 6.92 Å². The van der Waals surface area contributed by atoms with Gasteiger partial charge in [-0.3, -0.25) is 9.59 Å². The predicted octanol–water partition coefficient (Wildman–Crippen LogP) is 3.91. The van der Waals surface area contributed by atoms with Crippen LogP contribution in [0.1, 0.15) is 11.1 Å². The number of benzene rings is 2. The molecule has 0 N–H and O–H groups in total. The lowest BCUT2D eigenvalue weighted by molar-refractivity contribution is -0.127. The number of thioether (sulfide) groups is 1. The number of anilines is 1. The third kappa shape index (κ3) is 5.12. The highest BCUT2D eigenvalue weighted by molar-refractivity contribution is 7.99. The molecule has 0 saturated carbocycles. The highest BCUT2D eigenvalue weighted by atomic mass is 32.2. The van der Waals surface area contributed by atoms with E-state index >= 15 is 0 Å². The average molecular weight is 474 g/mol. The largest absolute Gasteiger partial charge is 0.378 e. The highest BCUT2D eigenvalue weighted by Gasteiger charge is 2.17. The minimum atomic E-state index is -0.203. The predicted molar refractivity (Wildman–Crippen MR) is 138 cm³/mol. The first kappa shape index (κ1) is 23.5. The quantitative estimate of drug-likeness (QED) is 0.299. The number of carbonyl (C=O) groups is 1. The molecule has 0 radical (unpaired) electrons. The molecule has 0 fully saturated rings. The smallest absolute Gasteiger partial charge is 0.267 e. The van der Waals surface area contributed by atoms with Gasteiger partial charge in [0.2, 0.25) is 5.91 Å². The number of rotatable bonds is 7. The van der Waals surface area contributed by atoms with Gasteiger partial charge in [0.15, 0.2) is 5.16 Å². The minimum absolute atomic E-state index is 0.0486. The van der Waals surface area contributed by atoms with E-state index in [1.165, 1.54) is 16.3 Å². The van der Waals surface area contributed by atoms with Crippen LogP contribution in [-0.2, 0) is 11.3 Å². The monoisotopic (exact) mass is 473 g/mol. The first-order valence-corrected chi connectivity index (χ1v) is 11.9. The lowest BCUT2D eigenvalue weighted by atomic mass is 10.2. The highest BCUT2D eigenvalue weighted by Crippen LogP contribution is 2.21. The van der Waals surface area contributed by atoms with Crippen molar-refractivity contribution in [2.45, 2.75) is 18.6 Å². The first-order valence-electron chi connectivity index (χ1n) is 10.9. The zero-order valence-corrected chi connectivity index (χ0v) is 20.5. The number of aryl methyl sites for hydroxylation is 1. The molecule has 0 aliphatic heterocycles. The van der Waals surface area contributed by atoms with Crippen LogP contribution in [-0.4, -0.2) is 52.2 Å². The van der Waals surface area contributed by atoms with Crippen LogP contribution in [0.3, 0.4) is 0 Å². The van der Waals surface area contributed by atoms with Crippen molar-refractivity contribution in [3.63, 3.8) is 0 Å². The molecular formula is C26H27N5O2S. The molecule has 7 nitrogen and oxygen atoms in total. The van der Waals surface area contributed by atoms with Crippen molar-refractivity contribution < 1.29 is 4.79 Å². The van der Waals surface area contributed by atoms with Gasteiger partial charge in [-0.1, -0.05) is 42.1 Å². The number of aromatic nitrogens is 3. The van der Waals surface area contributed by atoms with Crippen molar-refractivity contribution in [1.29, 1.82) is 0 Å². The fourth-order valence-electron chi connectivity index (χ4n) is 3.50. The van der Waals surface area contributed by atoms with Gasteiger partial charge in [0, 0.05) is 39.6 Å². The molecule has 174 valence electrons. The summed E-state index contributed by atoms with van der Waals surface area (Å²) in [5.74, 6) is 0.591. The van der Waals surface area contributed by atoms with Crippen molar-refractivity contribution in [2.24, 2.45) is 0 Å². The second-order valence-corrected chi connectivity index (χ2v) is 9.29. The van der Waals surface area contributed by atoms with Crippen molar-refractivity contribution >= 4 is 34.3 Å². The van der Waals surface area contributed by atoms with E-state index < -0.39 is 0 Å². The lowest BCUT2D eigenvalue weighted by Crippen LogP contribution is -2.28. The summed E-state index contributed by atoms with van der Waals surface area (Å²) in [5.41, 5.74) is 3.55. The van der Waals surface area contributed by atoms with E-state index in [2.05, 4.69) is 9.97 Å². The molecule has 0 unspecified atom stereocenters. The second kappa shape index (κ2) is 10.1. The van der Waals surface area contributed by atoms with Gasteiger partial charge >= 0.3 is 0 Å². The first-order chi connectivity index (χ1) is 16.3. The lowest BCUT2D eigenvalue weighted by Gasteiger charge is -2.19. The Morgan fingerprint density at radius 3 is 2.41 bits per heavy atom. The fraction of sp³-hybridized carbons (Fsp3) is 0.231.